The molecule has 1 aromatic rings. The Labute approximate surface area is 112 Å². The first-order valence-electron chi connectivity index (χ1n) is 7.33. The number of nitrogens with one attached hydrogen (secondary N) is 1. The van der Waals surface area contributed by atoms with Crippen LogP contribution >= 0.6 is 0 Å². The van der Waals surface area contributed by atoms with Gasteiger partial charge in [-0.25, -0.2) is 0 Å². The van der Waals surface area contributed by atoms with E-state index < -0.39 is 0 Å². The molecule has 18 heavy (non-hydrogen) atoms. The van der Waals surface area contributed by atoms with E-state index in [4.69, 9.17) is 0 Å². The molecular formula is C17H27N. The molecule has 0 heterocycles. The Bertz CT molecular complexity index is 385. The van der Waals surface area contributed by atoms with Crippen LogP contribution in [0.3, 0.4) is 0 Å². The van der Waals surface area contributed by atoms with Crippen molar-refractivity contribution in [1.82, 2.24) is 5.32 Å². The minimum Gasteiger partial charge on any atom is -0.319 e. The molecule has 2 unspecified atom stereocenters. The third-order valence-corrected chi connectivity index (χ3v) is 4.59. The van der Waals surface area contributed by atoms with E-state index in [0.29, 0.717) is 0 Å². The summed E-state index contributed by atoms with van der Waals surface area (Å²) in [6.07, 6.45) is 5.53. The molecular weight excluding hydrogens is 218 g/mol. The Morgan fingerprint density at radius 2 is 1.67 bits per heavy atom. The molecule has 0 aromatic heterocycles. The van der Waals surface area contributed by atoms with Gasteiger partial charge < -0.3 is 5.32 Å². The molecule has 0 amide bonds. The summed E-state index contributed by atoms with van der Waals surface area (Å²) in [6.45, 7) is 7.94. The topological polar surface area (TPSA) is 12.0 Å². The minimum atomic E-state index is 0.884. The lowest BCUT2D eigenvalue weighted by Crippen LogP contribution is -2.23. The SMILES string of the molecule is CNCC1CCCC1Cc1c(C)cc(C)cc1C. The van der Waals surface area contributed by atoms with Crippen LogP contribution in [0.4, 0.5) is 0 Å². The third-order valence-electron chi connectivity index (χ3n) is 4.59. The van der Waals surface area contributed by atoms with Gasteiger partial charge in [-0.05, 0) is 82.2 Å². The van der Waals surface area contributed by atoms with Crippen LogP contribution in [0, 0.1) is 32.6 Å². The van der Waals surface area contributed by atoms with Gasteiger partial charge in [0.1, 0.15) is 0 Å². The van der Waals surface area contributed by atoms with E-state index in [1.807, 2.05) is 0 Å². The van der Waals surface area contributed by atoms with Gasteiger partial charge in [-0.2, -0.15) is 0 Å². The second kappa shape index (κ2) is 5.88. The van der Waals surface area contributed by atoms with Gasteiger partial charge in [0, 0.05) is 0 Å². The van der Waals surface area contributed by atoms with Gasteiger partial charge in [0.2, 0.25) is 0 Å². The first kappa shape index (κ1) is 13.6. The number of rotatable bonds is 4. The summed E-state index contributed by atoms with van der Waals surface area (Å²) >= 11 is 0. The molecule has 2 rings (SSSR count). The minimum absolute atomic E-state index is 0.884. The average molecular weight is 245 g/mol. The Kier molecular flexibility index (Phi) is 4.45. The average Bonchev–Trinajstić information content (AvgIpc) is 2.71. The van der Waals surface area contributed by atoms with E-state index in [-0.39, 0.29) is 0 Å². The molecule has 1 saturated carbocycles. The van der Waals surface area contributed by atoms with Gasteiger partial charge in [-0.15, -0.1) is 0 Å². The highest BCUT2D eigenvalue weighted by Crippen LogP contribution is 2.35. The van der Waals surface area contributed by atoms with E-state index in [1.165, 1.54) is 48.9 Å². The quantitative estimate of drug-likeness (QED) is 0.851. The fraction of sp³-hybridized carbons (Fsp3) is 0.647. The lowest BCUT2D eigenvalue weighted by molar-refractivity contribution is 0.373. The van der Waals surface area contributed by atoms with Crippen molar-refractivity contribution < 1.29 is 0 Å². The van der Waals surface area contributed by atoms with Gasteiger partial charge in [0.25, 0.3) is 0 Å². The summed E-state index contributed by atoms with van der Waals surface area (Å²) in [7, 11) is 2.08. The molecule has 1 aliphatic carbocycles. The Morgan fingerprint density at radius 3 is 2.28 bits per heavy atom. The molecule has 1 N–H and O–H groups in total. The Hall–Kier alpha value is -0.820. The molecule has 1 heteroatoms. The Balaban J connectivity index is 2.14. The number of hydrogen-bond acceptors (Lipinski definition) is 1. The molecule has 0 aliphatic heterocycles. The molecule has 0 radical (unpaired) electrons. The molecule has 0 spiro atoms. The normalized spacial score (nSPS) is 23.6. The molecule has 0 bridgehead atoms. The van der Waals surface area contributed by atoms with Crippen molar-refractivity contribution in [2.24, 2.45) is 11.8 Å². The molecule has 2 atom stereocenters. The van der Waals surface area contributed by atoms with Crippen molar-refractivity contribution in [2.75, 3.05) is 13.6 Å². The zero-order valence-corrected chi connectivity index (χ0v) is 12.3. The maximum Gasteiger partial charge on any atom is -0.00208 e. The molecule has 1 aromatic carbocycles. The van der Waals surface area contributed by atoms with Crippen molar-refractivity contribution >= 4 is 0 Å². The maximum atomic E-state index is 3.36. The number of benzene rings is 1. The lowest BCUT2D eigenvalue weighted by Gasteiger charge is -2.21. The third kappa shape index (κ3) is 2.95. The van der Waals surface area contributed by atoms with Crippen LogP contribution in [0.1, 0.15) is 41.5 Å². The monoisotopic (exact) mass is 245 g/mol. The summed E-state index contributed by atoms with van der Waals surface area (Å²) in [4.78, 5) is 0. The predicted octanol–water partition coefficient (Wildman–Crippen LogP) is 3.79. The molecule has 1 nitrogen and oxygen atoms in total. The fourth-order valence-corrected chi connectivity index (χ4v) is 3.71. The first-order chi connectivity index (χ1) is 8.61. The van der Waals surface area contributed by atoms with E-state index >= 15 is 0 Å². The maximum absolute atomic E-state index is 3.36. The van der Waals surface area contributed by atoms with Crippen LogP contribution in [0.2, 0.25) is 0 Å². The molecule has 1 aliphatic rings. The van der Waals surface area contributed by atoms with Crippen molar-refractivity contribution in [3.8, 4) is 0 Å². The van der Waals surface area contributed by atoms with Crippen LogP contribution in [0.25, 0.3) is 0 Å². The summed E-state index contributed by atoms with van der Waals surface area (Å²) in [5, 5.41) is 3.36. The molecule has 100 valence electrons. The van der Waals surface area contributed by atoms with E-state index in [0.717, 1.165) is 11.8 Å². The van der Waals surface area contributed by atoms with Gasteiger partial charge in [0.15, 0.2) is 0 Å². The smallest absolute Gasteiger partial charge is 0.00208 e. The number of aryl methyl sites for hydroxylation is 3. The van der Waals surface area contributed by atoms with Gasteiger partial charge >= 0.3 is 0 Å². The molecule has 1 fully saturated rings. The van der Waals surface area contributed by atoms with E-state index in [2.05, 4.69) is 45.3 Å². The summed E-state index contributed by atoms with van der Waals surface area (Å²) in [5.74, 6) is 1.77. The zero-order chi connectivity index (χ0) is 13.1. The van der Waals surface area contributed by atoms with Crippen LogP contribution in [0.15, 0.2) is 12.1 Å². The predicted molar refractivity (Wildman–Crippen MR) is 79.1 cm³/mol. The van der Waals surface area contributed by atoms with Crippen molar-refractivity contribution in [1.29, 1.82) is 0 Å². The van der Waals surface area contributed by atoms with Crippen LogP contribution in [-0.2, 0) is 6.42 Å². The van der Waals surface area contributed by atoms with Gasteiger partial charge in [-0.1, -0.05) is 24.1 Å². The van der Waals surface area contributed by atoms with E-state index in [9.17, 15) is 0 Å². The summed E-state index contributed by atoms with van der Waals surface area (Å²) in [5.41, 5.74) is 5.98. The van der Waals surface area contributed by atoms with Gasteiger partial charge in [0.05, 0.1) is 0 Å². The second-order valence-corrected chi connectivity index (χ2v) is 6.09. The van der Waals surface area contributed by atoms with Crippen molar-refractivity contribution in [2.45, 2.75) is 46.5 Å². The van der Waals surface area contributed by atoms with Crippen molar-refractivity contribution in [3.63, 3.8) is 0 Å². The largest absolute Gasteiger partial charge is 0.319 e. The Morgan fingerprint density at radius 1 is 1.06 bits per heavy atom. The first-order valence-corrected chi connectivity index (χ1v) is 7.33. The summed E-state index contributed by atoms with van der Waals surface area (Å²) in [6, 6.07) is 4.68. The number of hydrogen-bond donors (Lipinski definition) is 1. The highest BCUT2D eigenvalue weighted by Gasteiger charge is 2.27. The highest BCUT2D eigenvalue weighted by molar-refractivity contribution is 5.37. The van der Waals surface area contributed by atoms with Crippen molar-refractivity contribution in [3.05, 3.63) is 34.4 Å². The zero-order valence-electron chi connectivity index (χ0n) is 12.3. The molecule has 0 saturated heterocycles. The van der Waals surface area contributed by atoms with Gasteiger partial charge in [-0.3, -0.25) is 0 Å². The fourth-order valence-electron chi connectivity index (χ4n) is 3.71. The second-order valence-electron chi connectivity index (χ2n) is 6.09. The van der Waals surface area contributed by atoms with Crippen LogP contribution < -0.4 is 5.32 Å². The van der Waals surface area contributed by atoms with Crippen LogP contribution in [-0.4, -0.2) is 13.6 Å². The lowest BCUT2D eigenvalue weighted by atomic mass is 9.86. The summed E-state index contributed by atoms with van der Waals surface area (Å²) < 4.78 is 0. The highest BCUT2D eigenvalue weighted by atomic mass is 14.8. The van der Waals surface area contributed by atoms with E-state index in [1.54, 1.807) is 5.56 Å². The van der Waals surface area contributed by atoms with Crippen LogP contribution in [0.5, 0.6) is 0 Å². The standard InChI is InChI=1S/C17H27N/c1-12-8-13(2)17(14(3)9-12)10-15-6-5-7-16(15)11-18-4/h8-9,15-16,18H,5-7,10-11H2,1-4H3.